The van der Waals surface area contributed by atoms with E-state index in [1.807, 2.05) is 0 Å². The molecule has 0 saturated carbocycles. The Balaban J connectivity index is 2.23. The molecule has 1 amide bonds. The van der Waals surface area contributed by atoms with E-state index in [1.165, 1.54) is 12.1 Å². The lowest BCUT2D eigenvalue weighted by Gasteiger charge is -2.08. The van der Waals surface area contributed by atoms with E-state index in [-0.39, 0.29) is 5.91 Å². The van der Waals surface area contributed by atoms with Crippen molar-refractivity contribution in [2.24, 2.45) is 5.16 Å². The highest BCUT2D eigenvalue weighted by Gasteiger charge is 2.09. The van der Waals surface area contributed by atoms with Crippen molar-refractivity contribution in [3.63, 3.8) is 0 Å². The second kappa shape index (κ2) is 6.61. The SMILES string of the molecule is C/C(=N\O)c1cccc(NC(=O)c2cc(Cl)cc(Cl)c2)c1. The van der Waals surface area contributed by atoms with E-state index in [2.05, 4.69) is 10.5 Å². The molecule has 108 valence electrons. The minimum Gasteiger partial charge on any atom is -0.411 e. The van der Waals surface area contributed by atoms with E-state index in [0.717, 1.165) is 0 Å². The molecule has 6 heteroatoms. The molecule has 0 aliphatic heterocycles. The molecule has 2 N–H and O–H groups in total. The van der Waals surface area contributed by atoms with Crippen LogP contribution in [-0.2, 0) is 0 Å². The minimum atomic E-state index is -0.324. The number of nitrogens with one attached hydrogen (secondary N) is 1. The summed E-state index contributed by atoms with van der Waals surface area (Å²) in [4.78, 5) is 12.2. The molecule has 2 aromatic rings. The van der Waals surface area contributed by atoms with Crippen LogP contribution in [0, 0.1) is 0 Å². The van der Waals surface area contributed by atoms with Crippen molar-refractivity contribution < 1.29 is 10.0 Å². The van der Waals surface area contributed by atoms with Crippen LogP contribution in [0.4, 0.5) is 5.69 Å². The van der Waals surface area contributed by atoms with Crippen molar-refractivity contribution in [3.05, 3.63) is 63.6 Å². The van der Waals surface area contributed by atoms with Gasteiger partial charge in [0, 0.05) is 26.9 Å². The largest absolute Gasteiger partial charge is 0.411 e. The first-order valence-electron chi connectivity index (χ1n) is 6.06. The maximum atomic E-state index is 12.2. The smallest absolute Gasteiger partial charge is 0.255 e. The molecule has 0 saturated heterocycles. The molecule has 0 spiro atoms. The standard InChI is InChI=1S/C15H12Cl2N2O2/c1-9(19-21)10-3-2-4-14(7-10)18-15(20)11-5-12(16)8-13(17)6-11/h2-8,21H,1H3,(H,18,20)/b19-9+. The third-order valence-electron chi connectivity index (χ3n) is 2.81. The maximum Gasteiger partial charge on any atom is 0.255 e. The summed E-state index contributed by atoms with van der Waals surface area (Å²) in [5.74, 6) is -0.324. The number of nitrogens with zero attached hydrogens (tertiary/aromatic N) is 1. The molecule has 21 heavy (non-hydrogen) atoms. The van der Waals surface area contributed by atoms with Gasteiger partial charge < -0.3 is 10.5 Å². The zero-order valence-corrected chi connectivity index (χ0v) is 12.6. The number of halogens is 2. The Labute approximate surface area is 132 Å². The van der Waals surface area contributed by atoms with E-state index in [4.69, 9.17) is 28.4 Å². The van der Waals surface area contributed by atoms with Crippen molar-refractivity contribution in [3.8, 4) is 0 Å². The summed E-state index contributed by atoms with van der Waals surface area (Å²) in [5, 5.41) is 15.4. The molecular weight excluding hydrogens is 311 g/mol. The minimum absolute atomic E-state index is 0.324. The molecule has 0 fully saturated rings. The summed E-state index contributed by atoms with van der Waals surface area (Å²) in [6, 6.07) is 11.6. The third kappa shape index (κ3) is 3.97. The number of hydrogen-bond acceptors (Lipinski definition) is 3. The van der Waals surface area contributed by atoms with Crippen molar-refractivity contribution >= 4 is 40.5 Å². The van der Waals surface area contributed by atoms with Gasteiger partial charge in [-0.05, 0) is 37.3 Å². The molecule has 0 unspecified atom stereocenters. The van der Waals surface area contributed by atoms with E-state index in [0.29, 0.717) is 32.6 Å². The summed E-state index contributed by atoms with van der Waals surface area (Å²) >= 11 is 11.7. The second-order valence-electron chi connectivity index (χ2n) is 4.38. The van der Waals surface area contributed by atoms with Crippen molar-refractivity contribution in [2.75, 3.05) is 5.32 Å². The topological polar surface area (TPSA) is 61.7 Å². The molecule has 0 heterocycles. The predicted octanol–water partition coefficient (Wildman–Crippen LogP) is 4.44. The molecule has 0 bridgehead atoms. The van der Waals surface area contributed by atoms with Gasteiger partial charge >= 0.3 is 0 Å². The van der Waals surface area contributed by atoms with Crippen LogP contribution in [0.15, 0.2) is 47.6 Å². The lowest BCUT2D eigenvalue weighted by atomic mass is 10.1. The Morgan fingerprint density at radius 1 is 1.10 bits per heavy atom. The lowest BCUT2D eigenvalue weighted by Crippen LogP contribution is -2.12. The normalized spacial score (nSPS) is 11.3. The molecule has 2 aromatic carbocycles. The molecular formula is C15H12Cl2N2O2. The molecule has 0 atom stereocenters. The summed E-state index contributed by atoms with van der Waals surface area (Å²) in [5.41, 5.74) is 2.11. The maximum absolute atomic E-state index is 12.2. The van der Waals surface area contributed by atoms with Gasteiger partial charge in [-0.25, -0.2) is 0 Å². The van der Waals surface area contributed by atoms with Crippen LogP contribution in [0.5, 0.6) is 0 Å². The molecule has 0 aliphatic rings. The Hall–Kier alpha value is -2.04. The first-order chi connectivity index (χ1) is 9.99. The van der Waals surface area contributed by atoms with Gasteiger partial charge in [0.2, 0.25) is 0 Å². The van der Waals surface area contributed by atoms with Gasteiger partial charge in [-0.1, -0.05) is 40.5 Å². The number of anilines is 1. The zero-order chi connectivity index (χ0) is 15.4. The summed E-state index contributed by atoms with van der Waals surface area (Å²) < 4.78 is 0. The van der Waals surface area contributed by atoms with Gasteiger partial charge in [0.1, 0.15) is 0 Å². The predicted molar refractivity (Wildman–Crippen MR) is 84.9 cm³/mol. The van der Waals surface area contributed by atoms with Gasteiger partial charge in [-0.15, -0.1) is 0 Å². The molecule has 0 aliphatic carbocycles. The number of carbonyl (C=O) groups excluding carboxylic acids is 1. The van der Waals surface area contributed by atoms with Gasteiger partial charge in [0.05, 0.1) is 5.71 Å². The van der Waals surface area contributed by atoms with Gasteiger partial charge in [0.25, 0.3) is 5.91 Å². The van der Waals surface area contributed by atoms with E-state index in [1.54, 1.807) is 37.3 Å². The van der Waals surface area contributed by atoms with E-state index >= 15 is 0 Å². The number of carbonyl (C=O) groups is 1. The highest BCUT2D eigenvalue weighted by Crippen LogP contribution is 2.20. The van der Waals surface area contributed by atoms with Gasteiger partial charge in [0.15, 0.2) is 0 Å². The fourth-order valence-electron chi connectivity index (χ4n) is 1.77. The highest BCUT2D eigenvalue weighted by molar-refractivity contribution is 6.35. The van der Waals surface area contributed by atoms with E-state index in [9.17, 15) is 4.79 Å². The molecule has 4 nitrogen and oxygen atoms in total. The average molecular weight is 323 g/mol. The van der Waals surface area contributed by atoms with E-state index < -0.39 is 0 Å². The van der Waals surface area contributed by atoms with Crippen LogP contribution in [-0.4, -0.2) is 16.8 Å². The van der Waals surface area contributed by atoms with Crippen molar-refractivity contribution in [1.82, 2.24) is 0 Å². The monoisotopic (exact) mass is 322 g/mol. The second-order valence-corrected chi connectivity index (χ2v) is 5.25. The van der Waals surface area contributed by atoms with Crippen LogP contribution in [0.25, 0.3) is 0 Å². The number of amides is 1. The fraction of sp³-hybridized carbons (Fsp3) is 0.0667. The summed E-state index contributed by atoms with van der Waals surface area (Å²) in [6.07, 6.45) is 0. The van der Waals surface area contributed by atoms with Crippen LogP contribution >= 0.6 is 23.2 Å². The highest BCUT2D eigenvalue weighted by atomic mass is 35.5. The van der Waals surface area contributed by atoms with Crippen LogP contribution in [0.1, 0.15) is 22.8 Å². The fourth-order valence-corrected chi connectivity index (χ4v) is 2.29. The summed E-state index contributed by atoms with van der Waals surface area (Å²) in [7, 11) is 0. The number of rotatable bonds is 3. The third-order valence-corrected chi connectivity index (χ3v) is 3.25. The van der Waals surface area contributed by atoms with Gasteiger partial charge in [-0.2, -0.15) is 0 Å². The Bertz CT molecular complexity index is 694. The van der Waals surface area contributed by atoms with Gasteiger partial charge in [-0.3, -0.25) is 4.79 Å². The number of oxime groups is 1. The lowest BCUT2D eigenvalue weighted by molar-refractivity contribution is 0.102. The Morgan fingerprint density at radius 2 is 1.76 bits per heavy atom. The zero-order valence-electron chi connectivity index (χ0n) is 11.1. The van der Waals surface area contributed by atoms with Crippen LogP contribution in [0.3, 0.4) is 0 Å². The number of hydrogen-bond donors (Lipinski definition) is 2. The van der Waals surface area contributed by atoms with Crippen LogP contribution in [0.2, 0.25) is 10.0 Å². The first-order valence-corrected chi connectivity index (χ1v) is 6.82. The summed E-state index contributed by atoms with van der Waals surface area (Å²) in [6.45, 7) is 1.66. The Kier molecular flexibility index (Phi) is 4.83. The average Bonchev–Trinajstić information content (AvgIpc) is 2.45. The van der Waals surface area contributed by atoms with Crippen molar-refractivity contribution in [1.29, 1.82) is 0 Å². The first kappa shape index (κ1) is 15.4. The van der Waals surface area contributed by atoms with Crippen LogP contribution < -0.4 is 5.32 Å². The number of benzene rings is 2. The molecule has 2 rings (SSSR count). The molecule has 0 aromatic heterocycles. The van der Waals surface area contributed by atoms with Crippen molar-refractivity contribution in [2.45, 2.75) is 6.92 Å². The quantitative estimate of drug-likeness (QED) is 0.498. The Morgan fingerprint density at radius 3 is 2.38 bits per heavy atom. The molecule has 0 radical (unpaired) electrons.